The molecule has 0 spiro atoms. The fraction of sp³-hybridized carbons (Fsp3) is 0.533. The minimum absolute atomic E-state index is 0.303. The van der Waals surface area contributed by atoms with Crippen LogP contribution in [0.4, 0.5) is 4.48 Å². The summed E-state index contributed by atoms with van der Waals surface area (Å²) >= 11 is 0. The lowest BCUT2D eigenvalue weighted by atomic mass is 9.79. The first-order chi connectivity index (χ1) is 9.75. The molecule has 2 aromatic rings. The van der Waals surface area contributed by atoms with Crippen molar-refractivity contribution >= 4 is 23.6 Å². The maximum Gasteiger partial charge on any atom is 0.497 e. The Kier molecular flexibility index (Phi) is 3.15. The summed E-state index contributed by atoms with van der Waals surface area (Å²) in [6.07, 6.45) is 3.95. The van der Waals surface area contributed by atoms with E-state index in [1.807, 2.05) is 40.7 Å². The molecule has 1 fully saturated rings. The standard InChI is InChI=1S/C15H20BFN2O2/c1-6-10-7-11-12(9-19(17)13(11)18-8-10)16-20-14(2,3)15(4,5)21-16/h7-9H,6H2,1-5H3. The molecule has 3 rings (SSSR count). The fourth-order valence-electron chi connectivity index (χ4n) is 2.49. The van der Waals surface area contributed by atoms with Gasteiger partial charge in [-0.15, -0.1) is 0 Å². The summed E-state index contributed by atoms with van der Waals surface area (Å²) < 4.78 is 26.1. The summed E-state index contributed by atoms with van der Waals surface area (Å²) in [5.41, 5.74) is 1.16. The molecule has 0 atom stereocenters. The summed E-state index contributed by atoms with van der Waals surface area (Å²) in [5, 5.41) is 0.746. The maximum atomic E-state index is 14.0. The second kappa shape index (κ2) is 4.55. The van der Waals surface area contributed by atoms with Gasteiger partial charge in [0.05, 0.1) is 11.2 Å². The van der Waals surface area contributed by atoms with Crippen LogP contribution < -0.4 is 5.46 Å². The monoisotopic (exact) mass is 290 g/mol. The van der Waals surface area contributed by atoms with E-state index in [1.165, 1.54) is 6.20 Å². The van der Waals surface area contributed by atoms with Gasteiger partial charge in [-0.1, -0.05) is 11.4 Å². The van der Waals surface area contributed by atoms with Crippen LogP contribution in [0, 0.1) is 0 Å². The van der Waals surface area contributed by atoms with Gasteiger partial charge in [-0.2, -0.15) is 4.79 Å². The Morgan fingerprint density at radius 3 is 2.43 bits per heavy atom. The van der Waals surface area contributed by atoms with Gasteiger partial charge >= 0.3 is 7.12 Å². The highest BCUT2D eigenvalue weighted by Crippen LogP contribution is 2.37. The lowest BCUT2D eigenvalue weighted by Gasteiger charge is -2.32. The molecule has 6 heteroatoms. The van der Waals surface area contributed by atoms with E-state index in [2.05, 4.69) is 4.98 Å². The first kappa shape index (κ1) is 14.5. The van der Waals surface area contributed by atoms with Gasteiger partial charge in [0, 0.05) is 23.2 Å². The van der Waals surface area contributed by atoms with Crippen LogP contribution in [0.25, 0.3) is 11.0 Å². The van der Waals surface area contributed by atoms with Gasteiger partial charge in [0.25, 0.3) is 0 Å². The molecule has 112 valence electrons. The summed E-state index contributed by atoms with van der Waals surface area (Å²) in [5.74, 6) is 0. The molecule has 1 saturated heterocycles. The molecule has 2 aromatic heterocycles. The van der Waals surface area contributed by atoms with Crippen LogP contribution >= 0.6 is 0 Å². The number of hydrogen-bond acceptors (Lipinski definition) is 3. The van der Waals surface area contributed by atoms with E-state index in [4.69, 9.17) is 9.31 Å². The summed E-state index contributed by atoms with van der Waals surface area (Å²) in [4.78, 5) is 4.73. The van der Waals surface area contributed by atoms with Crippen molar-refractivity contribution in [1.29, 1.82) is 0 Å². The maximum absolute atomic E-state index is 14.0. The SMILES string of the molecule is CCc1cnc2c(c1)c(B1OC(C)(C)C(C)(C)O1)cn2F. The van der Waals surface area contributed by atoms with Crippen molar-refractivity contribution in [1.82, 2.24) is 9.77 Å². The van der Waals surface area contributed by atoms with Gasteiger partial charge in [0.1, 0.15) is 0 Å². The minimum atomic E-state index is -0.580. The first-order valence-electron chi connectivity index (χ1n) is 7.27. The number of aromatic nitrogens is 2. The third-order valence-corrected chi connectivity index (χ3v) is 4.60. The minimum Gasteiger partial charge on any atom is -0.399 e. The predicted molar refractivity (Wildman–Crippen MR) is 81.3 cm³/mol. The smallest absolute Gasteiger partial charge is 0.399 e. The molecule has 21 heavy (non-hydrogen) atoms. The molecular formula is C15H20BFN2O2. The van der Waals surface area contributed by atoms with Gasteiger partial charge in [-0.05, 0) is 45.7 Å². The molecule has 0 aliphatic carbocycles. The summed E-state index contributed by atoms with van der Waals surface area (Å²) in [7, 11) is -0.580. The van der Waals surface area contributed by atoms with Crippen molar-refractivity contribution in [2.75, 3.05) is 0 Å². The van der Waals surface area contributed by atoms with Gasteiger partial charge in [0.2, 0.25) is 0 Å². The van der Waals surface area contributed by atoms with E-state index in [-0.39, 0.29) is 0 Å². The molecule has 0 bridgehead atoms. The number of aryl methyl sites for hydroxylation is 1. The zero-order valence-corrected chi connectivity index (χ0v) is 13.1. The zero-order valence-electron chi connectivity index (χ0n) is 13.1. The number of fused-ring (bicyclic) bond motifs is 1. The average molecular weight is 290 g/mol. The lowest BCUT2D eigenvalue weighted by molar-refractivity contribution is 0.00578. The predicted octanol–water partition coefficient (Wildman–Crippen LogP) is 2.63. The van der Waals surface area contributed by atoms with E-state index in [0.717, 1.165) is 17.4 Å². The van der Waals surface area contributed by atoms with Crippen molar-refractivity contribution in [3.63, 3.8) is 0 Å². The van der Waals surface area contributed by atoms with Crippen molar-refractivity contribution in [3.8, 4) is 0 Å². The quantitative estimate of drug-likeness (QED) is 0.798. The van der Waals surface area contributed by atoms with E-state index in [9.17, 15) is 4.48 Å². The Morgan fingerprint density at radius 2 is 1.86 bits per heavy atom. The highest BCUT2D eigenvalue weighted by atomic mass is 19.2. The van der Waals surface area contributed by atoms with Crippen LogP contribution in [0.2, 0.25) is 0 Å². The topological polar surface area (TPSA) is 36.3 Å². The van der Waals surface area contributed by atoms with Crippen molar-refractivity contribution in [2.45, 2.75) is 52.2 Å². The third-order valence-electron chi connectivity index (χ3n) is 4.60. The zero-order chi connectivity index (χ0) is 15.4. The Hall–Kier alpha value is -1.40. The lowest BCUT2D eigenvalue weighted by Crippen LogP contribution is -2.41. The molecule has 0 unspecified atom stereocenters. The van der Waals surface area contributed by atoms with E-state index in [1.54, 1.807) is 6.20 Å². The normalized spacial score (nSPS) is 20.4. The Bertz CT molecular complexity index is 680. The van der Waals surface area contributed by atoms with Crippen molar-refractivity contribution in [3.05, 3.63) is 24.0 Å². The molecule has 1 aliphatic rings. The first-order valence-corrected chi connectivity index (χ1v) is 7.27. The molecule has 4 nitrogen and oxygen atoms in total. The number of hydrogen-bond donors (Lipinski definition) is 0. The fourth-order valence-corrected chi connectivity index (χ4v) is 2.49. The Morgan fingerprint density at radius 1 is 1.24 bits per heavy atom. The Balaban J connectivity index is 2.09. The van der Waals surface area contributed by atoms with Crippen LogP contribution in [-0.2, 0) is 15.7 Å². The molecule has 3 heterocycles. The highest BCUT2D eigenvalue weighted by Gasteiger charge is 2.52. The Labute approximate surface area is 124 Å². The second-order valence-corrected chi connectivity index (χ2v) is 6.55. The van der Waals surface area contributed by atoms with Crippen LogP contribution in [0.3, 0.4) is 0 Å². The molecule has 0 radical (unpaired) electrons. The van der Waals surface area contributed by atoms with Crippen molar-refractivity contribution in [2.24, 2.45) is 0 Å². The molecular weight excluding hydrogens is 270 g/mol. The van der Waals surface area contributed by atoms with Crippen LogP contribution in [-0.4, -0.2) is 28.1 Å². The van der Waals surface area contributed by atoms with Crippen LogP contribution in [0.15, 0.2) is 18.5 Å². The summed E-state index contributed by atoms with van der Waals surface area (Å²) in [6.45, 7) is 9.98. The van der Waals surface area contributed by atoms with E-state index >= 15 is 0 Å². The second-order valence-electron chi connectivity index (χ2n) is 6.55. The molecule has 0 aromatic carbocycles. The molecule has 0 N–H and O–H groups in total. The largest absolute Gasteiger partial charge is 0.497 e. The number of nitrogens with zero attached hydrogens (tertiary/aromatic N) is 2. The number of rotatable bonds is 2. The highest BCUT2D eigenvalue weighted by molar-refractivity contribution is 6.65. The third kappa shape index (κ3) is 2.17. The van der Waals surface area contributed by atoms with Gasteiger partial charge in [-0.25, -0.2) is 4.98 Å². The number of halogens is 1. The average Bonchev–Trinajstić information content (AvgIpc) is 2.84. The molecule has 1 aliphatic heterocycles. The molecule has 0 amide bonds. The van der Waals surface area contributed by atoms with Crippen molar-refractivity contribution < 1.29 is 13.8 Å². The number of pyridine rings is 1. The van der Waals surface area contributed by atoms with Gasteiger partial charge < -0.3 is 9.31 Å². The van der Waals surface area contributed by atoms with E-state index < -0.39 is 18.3 Å². The van der Waals surface area contributed by atoms with Gasteiger partial charge in [-0.3, -0.25) is 0 Å². The van der Waals surface area contributed by atoms with E-state index in [0.29, 0.717) is 15.9 Å². The van der Waals surface area contributed by atoms with Crippen LogP contribution in [0.5, 0.6) is 0 Å². The summed E-state index contributed by atoms with van der Waals surface area (Å²) in [6, 6.07) is 1.96. The molecule has 0 saturated carbocycles. The van der Waals surface area contributed by atoms with Crippen LogP contribution in [0.1, 0.15) is 40.2 Å². The van der Waals surface area contributed by atoms with Gasteiger partial charge in [0.15, 0.2) is 5.65 Å².